The van der Waals surface area contributed by atoms with Crippen molar-refractivity contribution in [3.05, 3.63) is 63.2 Å². The summed E-state index contributed by atoms with van der Waals surface area (Å²) in [5, 5.41) is 5.61. The van der Waals surface area contributed by atoms with Crippen LogP contribution in [0.4, 0.5) is 5.69 Å². The molecule has 0 radical (unpaired) electrons. The van der Waals surface area contributed by atoms with Gasteiger partial charge in [0.25, 0.3) is 5.91 Å². The van der Waals surface area contributed by atoms with Crippen LogP contribution in [0, 0.1) is 6.92 Å². The first kappa shape index (κ1) is 18.4. The lowest BCUT2D eigenvalue weighted by Crippen LogP contribution is -2.37. The summed E-state index contributed by atoms with van der Waals surface area (Å²) in [5.74, 6) is 0.0258. The fourth-order valence-corrected chi connectivity index (χ4v) is 3.86. The summed E-state index contributed by atoms with van der Waals surface area (Å²) >= 11 is 0. The number of amides is 2. The quantitative estimate of drug-likeness (QED) is 0.851. The average molecular weight is 382 g/mol. The second kappa shape index (κ2) is 7.59. The normalized spacial score (nSPS) is 19.6. The smallest absolute Gasteiger partial charge is 0.349 e. The number of aryl methyl sites for hydroxylation is 1. The Hall–Kier alpha value is -2.93. The Labute approximate surface area is 162 Å². The Morgan fingerprint density at radius 2 is 1.93 bits per heavy atom. The average Bonchev–Trinajstić information content (AvgIpc) is 2.68. The van der Waals surface area contributed by atoms with E-state index in [9.17, 15) is 14.4 Å². The first-order valence-corrected chi connectivity index (χ1v) is 9.45. The minimum Gasteiger partial charge on any atom is -0.427 e. The summed E-state index contributed by atoms with van der Waals surface area (Å²) in [7, 11) is 0. The highest BCUT2D eigenvalue weighted by molar-refractivity contribution is 5.98. The van der Waals surface area contributed by atoms with Crippen LogP contribution >= 0.6 is 0 Å². The van der Waals surface area contributed by atoms with E-state index in [4.69, 9.17) is 9.15 Å². The van der Waals surface area contributed by atoms with Gasteiger partial charge in [-0.2, -0.15) is 0 Å². The molecule has 0 bridgehead atoms. The molecular weight excluding hydrogens is 360 g/mol. The van der Waals surface area contributed by atoms with E-state index in [0.717, 1.165) is 18.4 Å². The number of ether oxygens (including phenoxy) is 1. The van der Waals surface area contributed by atoms with Gasteiger partial charge in [0.2, 0.25) is 5.91 Å². The fraction of sp³-hybridized carbons (Fsp3) is 0.381. The van der Waals surface area contributed by atoms with Crippen LogP contribution in [0.15, 0.2) is 39.5 Å². The number of hydrogen-bond donors (Lipinski definition) is 2. The summed E-state index contributed by atoms with van der Waals surface area (Å²) in [6.45, 7) is 3.01. The highest BCUT2D eigenvalue weighted by atomic mass is 16.5. The van der Waals surface area contributed by atoms with Gasteiger partial charge in [-0.3, -0.25) is 9.59 Å². The van der Waals surface area contributed by atoms with Crippen molar-refractivity contribution in [2.75, 3.05) is 18.5 Å². The summed E-state index contributed by atoms with van der Waals surface area (Å²) in [6.07, 6.45) is 1.71. The molecule has 7 heteroatoms. The van der Waals surface area contributed by atoms with Gasteiger partial charge in [-0.05, 0) is 43.0 Å². The van der Waals surface area contributed by atoms with Crippen LogP contribution in [-0.4, -0.2) is 25.0 Å². The minimum absolute atomic E-state index is 0.0146. The molecule has 2 aliphatic heterocycles. The van der Waals surface area contributed by atoms with E-state index in [0.29, 0.717) is 30.2 Å². The molecule has 1 aromatic heterocycles. The molecule has 2 N–H and O–H groups in total. The molecule has 4 rings (SSSR count). The molecule has 1 unspecified atom stereocenters. The number of anilines is 1. The Morgan fingerprint density at radius 3 is 2.68 bits per heavy atom. The minimum atomic E-state index is -0.646. The highest BCUT2D eigenvalue weighted by Gasteiger charge is 2.29. The lowest BCUT2D eigenvalue weighted by atomic mass is 9.95. The van der Waals surface area contributed by atoms with Crippen molar-refractivity contribution >= 4 is 17.5 Å². The molecule has 146 valence electrons. The van der Waals surface area contributed by atoms with Crippen molar-refractivity contribution in [1.82, 2.24) is 5.32 Å². The first-order valence-electron chi connectivity index (χ1n) is 9.45. The number of benzene rings is 1. The van der Waals surface area contributed by atoms with Gasteiger partial charge in [-0.15, -0.1) is 0 Å². The third-order valence-electron chi connectivity index (χ3n) is 5.32. The third-order valence-corrected chi connectivity index (χ3v) is 5.32. The third kappa shape index (κ3) is 3.57. The molecule has 1 atom stereocenters. The number of fused-ring (bicyclic) bond motifs is 1. The van der Waals surface area contributed by atoms with Crippen molar-refractivity contribution in [3.8, 4) is 0 Å². The van der Waals surface area contributed by atoms with E-state index in [2.05, 4.69) is 10.6 Å². The van der Waals surface area contributed by atoms with Crippen molar-refractivity contribution in [3.63, 3.8) is 0 Å². The van der Waals surface area contributed by atoms with Crippen molar-refractivity contribution in [2.45, 2.75) is 38.1 Å². The van der Waals surface area contributed by atoms with E-state index in [1.165, 1.54) is 0 Å². The zero-order chi connectivity index (χ0) is 19.7. The molecule has 3 heterocycles. The van der Waals surface area contributed by atoms with Gasteiger partial charge in [-0.25, -0.2) is 4.79 Å². The summed E-state index contributed by atoms with van der Waals surface area (Å²) < 4.78 is 10.8. The maximum Gasteiger partial charge on any atom is 0.349 e. The number of rotatable bonds is 3. The van der Waals surface area contributed by atoms with Crippen LogP contribution in [0.2, 0.25) is 0 Å². The molecule has 1 fully saturated rings. The Morgan fingerprint density at radius 1 is 1.18 bits per heavy atom. The molecule has 1 aromatic carbocycles. The maximum atomic E-state index is 12.8. The summed E-state index contributed by atoms with van der Waals surface area (Å²) in [6, 6.07) is 8.58. The second-order valence-electron chi connectivity index (χ2n) is 7.25. The molecular formula is C21H22N2O5. The summed E-state index contributed by atoms with van der Waals surface area (Å²) in [4.78, 5) is 37.3. The van der Waals surface area contributed by atoms with E-state index >= 15 is 0 Å². The molecule has 0 aliphatic carbocycles. The first-order chi connectivity index (χ1) is 13.5. The van der Waals surface area contributed by atoms with Gasteiger partial charge in [0, 0.05) is 24.8 Å². The zero-order valence-electron chi connectivity index (χ0n) is 15.6. The molecule has 0 saturated carbocycles. The van der Waals surface area contributed by atoms with Crippen LogP contribution in [0.5, 0.6) is 0 Å². The van der Waals surface area contributed by atoms with Gasteiger partial charge in [0.1, 0.15) is 11.3 Å². The Bertz CT molecular complexity index is 975. The lowest BCUT2D eigenvalue weighted by molar-refractivity contribution is -0.116. The van der Waals surface area contributed by atoms with Crippen LogP contribution in [0.25, 0.3) is 0 Å². The molecule has 2 amide bonds. The molecule has 2 aromatic rings. The molecule has 1 saturated heterocycles. The Balaban J connectivity index is 1.59. The van der Waals surface area contributed by atoms with Gasteiger partial charge in [0.15, 0.2) is 0 Å². The lowest BCUT2D eigenvalue weighted by Gasteiger charge is -2.26. The van der Waals surface area contributed by atoms with E-state index < -0.39 is 17.6 Å². The summed E-state index contributed by atoms with van der Waals surface area (Å²) in [5.41, 5.74) is 1.40. The predicted molar refractivity (Wildman–Crippen MR) is 102 cm³/mol. The van der Waals surface area contributed by atoms with Crippen molar-refractivity contribution in [1.29, 1.82) is 0 Å². The molecule has 28 heavy (non-hydrogen) atoms. The van der Waals surface area contributed by atoms with Crippen molar-refractivity contribution in [2.24, 2.45) is 0 Å². The second-order valence-corrected chi connectivity index (χ2v) is 7.25. The van der Waals surface area contributed by atoms with E-state index in [1.54, 1.807) is 19.1 Å². The number of carbonyl (C=O) groups is 2. The number of para-hydroxylation sites is 1. The predicted octanol–water partition coefficient (Wildman–Crippen LogP) is 2.66. The fourth-order valence-electron chi connectivity index (χ4n) is 3.86. The Kier molecular flexibility index (Phi) is 5.00. The monoisotopic (exact) mass is 382 g/mol. The number of nitrogens with one attached hydrogen (secondary N) is 2. The molecule has 2 aliphatic rings. The standard InChI is InChI=1S/C21H22N2O5/c1-12-10-17(13-6-8-27-9-7-13)28-21(26)19(12)20(25)23-16-11-18(24)22-15-5-3-2-4-14(15)16/h2-5,10,13,16H,6-9,11H2,1H3,(H,22,24)(H,23,25). The van der Waals surface area contributed by atoms with Crippen LogP contribution in [-0.2, 0) is 9.53 Å². The maximum absolute atomic E-state index is 12.8. The topological polar surface area (TPSA) is 97.6 Å². The molecule has 0 spiro atoms. The largest absolute Gasteiger partial charge is 0.427 e. The zero-order valence-corrected chi connectivity index (χ0v) is 15.6. The van der Waals surface area contributed by atoms with Crippen molar-refractivity contribution < 1.29 is 18.7 Å². The highest BCUT2D eigenvalue weighted by Crippen LogP contribution is 2.31. The van der Waals surface area contributed by atoms with E-state index in [-0.39, 0.29) is 23.8 Å². The van der Waals surface area contributed by atoms with Gasteiger partial charge >= 0.3 is 5.63 Å². The van der Waals surface area contributed by atoms with Gasteiger partial charge in [-0.1, -0.05) is 18.2 Å². The number of hydrogen-bond acceptors (Lipinski definition) is 5. The van der Waals surface area contributed by atoms with Crippen LogP contribution in [0.3, 0.4) is 0 Å². The SMILES string of the molecule is Cc1cc(C2CCOCC2)oc(=O)c1C(=O)NC1CC(=O)Nc2ccccc21. The van der Waals surface area contributed by atoms with Crippen LogP contribution < -0.4 is 16.3 Å². The van der Waals surface area contributed by atoms with Crippen LogP contribution in [0.1, 0.15) is 58.5 Å². The van der Waals surface area contributed by atoms with Gasteiger partial charge < -0.3 is 19.8 Å². The molecule has 7 nitrogen and oxygen atoms in total. The van der Waals surface area contributed by atoms with Gasteiger partial charge in [0.05, 0.1) is 12.5 Å². The number of carbonyl (C=O) groups excluding carboxylic acids is 2. The van der Waals surface area contributed by atoms with E-state index in [1.807, 2.05) is 18.2 Å².